The summed E-state index contributed by atoms with van der Waals surface area (Å²) >= 11 is 1.98. The van der Waals surface area contributed by atoms with Crippen molar-refractivity contribution in [1.29, 1.82) is 0 Å². The Morgan fingerprint density at radius 3 is 2.21 bits per heavy atom. The van der Waals surface area contributed by atoms with Crippen LogP contribution in [0.4, 0.5) is 20.2 Å². The number of carbonyl (C=O) groups is 2. The predicted molar refractivity (Wildman–Crippen MR) is 111 cm³/mol. The fourth-order valence-electron chi connectivity index (χ4n) is 2.40. The van der Waals surface area contributed by atoms with Crippen molar-refractivity contribution in [2.75, 3.05) is 37.0 Å². The summed E-state index contributed by atoms with van der Waals surface area (Å²) in [7, 11) is 1.67. The van der Waals surface area contributed by atoms with Crippen molar-refractivity contribution < 1.29 is 18.4 Å². The summed E-state index contributed by atoms with van der Waals surface area (Å²) in [6.45, 7) is 0.0746. The van der Waals surface area contributed by atoms with Gasteiger partial charge in [0.25, 0.3) is 5.76 Å². The lowest BCUT2D eigenvalue weighted by Crippen LogP contribution is -2.36. The molecule has 2 aromatic rings. The van der Waals surface area contributed by atoms with Gasteiger partial charge in [-0.15, -0.1) is 11.8 Å². The Labute approximate surface area is 171 Å². The summed E-state index contributed by atoms with van der Waals surface area (Å²) < 4.78 is 24.6. The number of amides is 2. The van der Waals surface area contributed by atoms with E-state index in [1.165, 1.54) is 23.9 Å². The van der Waals surface area contributed by atoms with Crippen LogP contribution in [0.15, 0.2) is 58.3 Å². The monoisotopic (exact) mass is 425 g/mol. The third kappa shape index (κ3) is 7.49. The first-order valence-corrected chi connectivity index (χ1v) is 10.4. The Morgan fingerprint density at radius 1 is 1.00 bits per heavy atom. The van der Waals surface area contributed by atoms with Crippen molar-refractivity contribution in [3.8, 4) is 0 Å². The Kier molecular flexibility index (Phi) is 8.75. The molecule has 9 heteroatoms. The van der Waals surface area contributed by atoms with E-state index in [2.05, 4.69) is 10.6 Å². The van der Waals surface area contributed by atoms with Gasteiger partial charge in [-0.25, -0.2) is 0 Å². The number of nitrogens with one attached hydrogen (secondary N) is 2. The number of carbonyl (C=O) groups excluding carboxylic acids is 2. The first-order valence-electron chi connectivity index (χ1n) is 8.33. The molecule has 5 nitrogen and oxygen atoms in total. The minimum atomic E-state index is -2.48. The maximum atomic E-state index is 12.3. The minimum Gasteiger partial charge on any atom is -0.325 e. The Hall–Kier alpha value is -2.10. The molecule has 0 saturated carbocycles. The Bertz CT molecular complexity index is 804. The first-order chi connectivity index (χ1) is 13.4. The predicted octanol–water partition coefficient (Wildman–Crippen LogP) is 4.23. The highest BCUT2D eigenvalue weighted by molar-refractivity contribution is 7.99. The lowest BCUT2D eigenvalue weighted by molar-refractivity contribution is -0.119. The van der Waals surface area contributed by atoms with E-state index in [4.69, 9.17) is 0 Å². The molecule has 2 N–H and O–H groups in total. The van der Waals surface area contributed by atoms with Gasteiger partial charge in [0.05, 0.1) is 18.8 Å². The summed E-state index contributed by atoms with van der Waals surface area (Å²) in [6, 6.07) is 13.7. The van der Waals surface area contributed by atoms with Crippen LogP contribution in [0, 0.1) is 0 Å². The van der Waals surface area contributed by atoms with Crippen molar-refractivity contribution in [1.82, 2.24) is 4.90 Å². The minimum absolute atomic E-state index is 0.0190. The Balaban J connectivity index is 1.81. The molecule has 0 heterocycles. The molecule has 0 fully saturated rings. The van der Waals surface area contributed by atoms with E-state index in [1.54, 1.807) is 24.1 Å². The average Bonchev–Trinajstić information content (AvgIpc) is 2.63. The van der Waals surface area contributed by atoms with Crippen LogP contribution in [-0.4, -0.2) is 48.9 Å². The molecule has 28 heavy (non-hydrogen) atoms. The van der Waals surface area contributed by atoms with Gasteiger partial charge in [0.2, 0.25) is 11.8 Å². The van der Waals surface area contributed by atoms with Crippen LogP contribution in [-0.2, 0) is 9.59 Å². The number of benzene rings is 2. The number of thioether (sulfide) groups is 2. The third-order valence-electron chi connectivity index (χ3n) is 3.57. The van der Waals surface area contributed by atoms with Gasteiger partial charge in [-0.2, -0.15) is 8.78 Å². The number of para-hydroxylation sites is 1. The molecular formula is C19H21F2N3O2S2. The van der Waals surface area contributed by atoms with E-state index in [1.807, 2.05) is 30.5 Å². The molecule has 0 unspecified atom stereocenters. The summed E-state index contributed by atoms with van der Waals surface area (Å²) in [5, 5.41) is 5.52. The summed E-state index contributed by atoms with van der Waals surface area (Å²) in [4.78, 5) is 27.3. The zero-order valence-electron chi connectivity index (χ0n) is 15.4. The molecule has 0 radical (unpaired) electrons. The number of hydrogen-bond acceptors (Lipinski definition) is 5. The van der Waals surface area contributed by atoms with Crippen LogP contribution in [0.3, 0.4) is 0 Å². The van der Waals surface area contributed by atoms with E-state index in [0.717, 1.165) is 10.6 Å². The van der Waals surface area contributed by atoms with Crippen molar-refractivity contribution in [3.63, 3.8) is 0 Å². The van der Waals surface area contributed by atoms with E-state index < -0.39 is 5.76 Å². The standard InChI is InChI=1S/C19H21F2N3O2S2/c1-24(12-18(26)23-15-5-3-4-6-16(15)27-2)11-17(25)22-13-7-9-14(10-8-13)28-19(20)21/h3-10,19H,11-12H2,1-2H3,(H,22,25)(H,23,26). The maximum absolute atomic E-state index is 12.3. The number of anilines is 2. The van der Waals surface area contributed by atoms with Crippen LogP contribution in [0.2, 0.25) is 0 Å². The van der Waals surface area contributed by atoms with Gasteiger partial charge in [0, 0.05) is 15.5 Å². The molecule has 0 atom stereocenters. The fraction of sp³-hybridized carbons (Fsp3) is 0.263. The lowest BCUT2D eigenvalue weighted by atomic mass is 10.3. The van der Waals surface area contributed by atoms with Gasteiger partial charge in [0.15, 0.2) is 0 Å². The average molecular weight is 426 g/mol. The zero-order chi connectivity index (χ0) is 20.5. The lowest BCUT2D eigenvalue weighted by Gasteiger charge is -2.17. The molecule has 0 spiro atoms. The van der Waals surface area contributed by atoms with E-state index in [0.29, 0.717) is 22.3 Å². The summed E-state index contributed by atoms with van der Waals surface area (Å²) in [5.74, 6) is -3.00. The van der Waals surface area contributed by atoms with Crippen LogP contribution in [0.5, 0.6) is 0 Å². The molecule has 0 aliphatic rings. The number of nitrogens with zero attached hydrogens (tertiary/aromatic N) is 1. The molecule has 0 bridgehead atoms. The van der Waals surface area contributed by atoms with Gasteiger partial charge in [0.1, 0.15) is 0 Å². The van der Waals surface area contributed by atoms with E-state index in [9.17, 15) is 18.4 Å². The first kappa shape index (κ1) is 22.2. The largest absolute Gasteiger partial charge is 0.325 e. The summed E-state index contributed by atoms with van der Waals surface area (Å²) in [6.07, 6.45) is 1.93. The molecule has 150 valence electrons. The summed E-state index contributed by atoms with van der Waals surface area (Å²) in [5.41, 5.74) is 1.25. The molecule has 2 amide bonds. The fourth-order valence-corrected chi connectivity index (χ4v) is 3.46. The highest BCUT2D eigenvalue weighted by Crippen LogP contribution is 2.26. The molecule has 0 aromatic heterocycles. The van der Waals surface area contributed by atoms with Gasteiger partial charge in [-0.1, -0.05) is 23.9 Å². The number of likely N-dealkylation sites (N-methyl/N-ethyl adjacent to an activating group) is 1. The number of rotatable bonds is 9. The van der Waals surface area contributed by atoms with Crippen LogP contribution < -0.4 is 10.6 Å². The second-order valence-corrected chi connectivity index (χ2v) is 7.78. The third-order valence-corrected chi connectivity index (χ3v) is 5.09. The molecule has 0 saturated heterocycles. The van der Waals surface area contributed by atoms with Crippen LogP contribution in [0.1, 0.15) is 0 Å². The van der Waals surface area contributed by atoms with Gasteiger partial charge in [-0.05, 0) is 49.7 Å². The smallest absolute Gasteiger partial charge is 0.288 e. The van der Waals surface area contributed by atoms with Crippen LogP contribution >= 0.6 is 23.5 Å². The highest BCUT2D eigenvalue weighted by atomic mass is 32.2. The number of hydrogen-bond donors (Lipinski definition) is 2. The van der Waals surface area contributed by atoms with Crippen molar-refractivity contribution in [2.24, 2.45) is 0 Å². The molecule has 0 aliphatic carbocycles. The van der Waals surface area contributed by atoms with Crippen molar-refractivity contribution >= 4 is 46.7 Å². The molecular weight excluding hydrogens is 404 g/mol. The quantitative estimate of drug-likeness (QED) is 0.589. The molecule has 2 rings (SSSR count). The number of halogens is 2. The molecule has 0 aliphatic heterocycles. The topological polar surface area (TPSA) is 61.4 Å². The molecule has 2 aromatic carbocycles. The maximum Gasteiger partial charge on any atom is 0.288 e. The highest BCUT2D eigenvalue weighted by Gasteiger charge is 2.13. The van der Waals surface area contributed by atoms with Gasteiger partial charge >= 0.3 is 0 Å². The SMILES string of the molecule is CSc1ccccc1NC(=O)CN(C)CC(=O)Nc1ccc(SC(F)F)cc1. The zero-order valence-corrected chi connectivity index (χ0v) is 17.1. The normalized spacial score (nSPS) is 10.9. The van der Waals surface area contributed by atoms with Gasteiger partial charge < -0.3 is 10.6 Å². The second-order valence-electron chi connectivity index (χ2n) is 5.87. The van der Waals surface area contributed by atoms with E-state index >= 15 is 0 Å². The number of alkyl halides is 2. The van der Waals surface area contributed by atoms with Crippen molar-refractivity contribution in [3.05, 3.63) is 48.5 Å². The van der Waals surface area contributed by atoms with Crippen molar-refractivity contribution in [2.45, 2.75) is 15.5 Å². The van der Waals surface area contributed by atoms with Gasteiger partial charge in [-0.3, -0.25) is 14.5 Å². The second kappa shape index (κ2) is 11.0. The Morgan fingerprint density at radius 2 is 1.61 bits per heavy atom. The van der Waals surface area contributed by atoms with Crippen LogP contribution in [0.25, 0.3) is 0 Å². The van der Waals surface area contributed by atoms with E-state index in [-0.39, 0.29) is 24.9 Å².